The molecule has 84 valence electrons. The second-order valence-electron chi connectivity index (χ2n) is 2.80. The van der Waals surface area contributed by atoms with E-state index in [1.165, 1.54) is 0 Å². The SMILES string of the molecule is N#CCc1c(C(F)F)[nH]c([N+](=O)[O-])cc1=O. The molecule has 6 nitrogen and oxygen atoms in total. The van der Waals surface area contributed by atoms with Gasteiger partial charge in [0, 0.05) is 0 Å². The molecule has 1 rings (SSSR count). The summed E-state index contributed by atoms with van der Waals surface area (Å²) < 4.78 is 24.9. The van der Waals surface area contributed by atoms with E-state index in [-0.39, 0.29) is 0 Å². The Kier molecular flexibility index (Phi) is 3.30. The molecule has 0 bridgehead atoms. The van der Waals surface area contributed by atoms with E-state index in [4.69, 9.17) is 5.26 Å². The average Bonchev–Trinajstić information content (AvgIpc) is 2.20. The third kappa shape index (κ3) is 2.20. The first kappa shape index (κ1) is 11.8. The van der Waals surface area contributed by atoms with Gasteiger partial charge in [0.15, 0.2) is 11.1 Å². The fourth-order valence-electron chi connectivity index (χ4n) is 1.14. The molecule has 1 aromatic heterocycles. The highest BCUT2D eigenvalue weighted by Gasteiger charge is 2.23. The maximum atomic E-state index is 12.5. The monoisotopic (exact) mass is 229 g/mol. The van der Waals surface area contributed by atoms with Gasteiger partial charge >= 0.3 is 5.82 Å². The van der Waals surface area contributed by atoms with Crippen LogP contribution in [0.2, 0.25) is 0 Å². The molecule has 0 spiro atoms. The Bertz CT molecular complexity index is 518. The van der Waals surface area contributed by atoms with Crippen molar-refractivity contribution in [3.8, 4) is 6.07 Å². The van der Waals surface area contributed by atoms with E-state index >= 15 is 0 Å². The molecule has 0 saturated carbocycles. The summed E-state index contributed by atoms with van der Waals surface area (Å²) in [5.41, 5.74) is -2.26. The number of H-pyrrole nitrogens is 1. The van der Waals surface area contributed by atoms with Crippen LogP contribution in [0.25, 0.3) is 0 Å². The molecule has 0 saturated heterocycles. The third-order valence-corrected chi connectivity index (χ3v) is 1.82. The van der Waals surface area contributed by atoms with Gasteiger partial charge in [-0.1, -0.05) is 0 Å². The molecule has 0 atom stereocenters. The van der Waals surface area contributed by atoms with Crippen molar-refractivity contribution in [1.82, 2.24) is 4.98 Å². The fraction of sp³-hybridized carbons (Fsp3) is 0.250. The van der Waals surface area contributed by atoms with Gasteiger partial charge in [0.2, 0.25) is 0 Å². The number of nitrogens with one attached hydrogen (secondary N) is 1. The number of rotatable bonds is 3. The Morgan fingerprint density at radius 2 is 2.25 bits per heavy atom. The summed E-state index contributed by atoms with van der Waals surface area (Å²) in [6, 6.07) is 2.13. The quantitative estimate of drug-likeness (QED) is 0.623. The maximum Gasteiger partial charge on any atom is 0.325 e. The lowest BCUT2D eigenvalue weighted by atomic mass is 10.1. The summed E-state index contributed by atoms with van der Waals surface area (Å²) in [6.45, 7) is 0. The zero-order valence-electron chi connectivity index (χ0n) is 7.74. The van der Waals surface area contributed by atoms with Crippen molar-refractivity contribution in [2.75, 3.05) is 0 Å². The molecular weight excluding hydrogens is 224 g/mol. The second-order valence-corrected chi connectivity index (χ2v) is 2.80. The lowest BCUT2D eigenvalue weighted by Crippen LogP contribution is -2.15. The third-order valence-electron chi connectivity index (χ3n) is 1.82. The van der Waals surface area contributed by atoms with E-state index in [9.17, 15) is 23.7 Å². The predicted octanol–water partition coefficient (Wildman–Crippen LogP) is 1.29. The Hall–Kier alpha value is -2.30. The van der Waals surface area contributed by atoms with Crippen LogP contribution in [0.4, 0.5) is 14.6 Å². The van der Waals surface area contributed by atoms with E-state index in [0.29, 0.717) is 6.07 Å². The summed E-state index contributed by atoms with van der Waals surface area (Å²) >= 11 is 0. The Morgan fingerprint density at radius 3 is 2.69 bits per heavy atom. The number of pyridine rings is 1. The summed E-state index contributed by atoms with van der Waals surface area (Å²) in [7, 11) is 0. The molecular formula is C8H5F2N3O3. The molecule has 0 aliphatic carbocycles. The van der Waals surface area contributed by atoms with Gasteiger partial charge in [0.25, 0.3) is 6.43 Å². The van der Waals surface area contributed by atoms with Gasteiger partial charge in [0.1, 0.15) is 0 Å². The van der Waals surface area contributed by atoms with Crippen molar-refractivity contribution in [2.45, 2.75) is 12.8 Å². The van der Waals surface area contributed by atoms with Crippen molar-refractivity contribution in [1.29, 1.82) is 5.26 Å². The highest BCUT2D eigenvalue weighted by molar-refractivity contribution is 5.32. The topological polar surface area (TPSA) is 99.8 Å². The number of aromatic nitrogens is 1. The van der Waals surface area contributed by atoms with Crippen LogP contribution in [0.5, 0.6) is 0 Å². The minimum atomic E-state index is -3.07. The zero-order chi connectivity index (χ0) is 12.3. The molecule has 0 aliphatic heterocycles. The molecule has 0 fully saturated rings. The molecule has 1 heterocycles. The van der Waals surface area contributed by atoms with Gasteiger partial charge in [-0.25, -0.2) is 13.8 Å². The highest BCUT2D eigenvalue weighted by atomic mass is 19.3. The predicted molar refractivity (Wildman–Crippen MR) is 48.0 cm³/mol. The van der Waals surface area contributed by atoms with Crippen LogP contribution >= 0.6 is 0 Å². The van der Waals surface area contributed by atoms with Crippen LogP contribution in [-0.2, 0) is 6.42 Å². The summed E-state index contributed by atoms with van der Waals surface area (Å²) in [5.74, 6) is -0.818. The fourth-order valence-corrected chi connectivity index (χ4v) is 1.14. The lowest BCUT2D eigenvalue weighted by Gasteiger charge is -2.02. The van der Waals surface area contributed by atoms with Gasteiger partial charge in [-0.3, -0.25) is 4.79 Å². The number of alkyl halides is 2. The Morgan fingerprint density at radius 1 is 1.62 bits per heavy atom. The molecule has 0 radical (unpaired) electrons. The van der Waals surface area contributed by atoms with Crippen LogP contribution in [-0.4, -0.2) is 9.91 Å². The van der Waals surface area contributed by atoms with Crippen LogP contribution in [0.15, 0.2) is 10.9 Å². The number of hydrogen-bond donors (Lipinski definition) is 1. The van der Waals surface area contributed by atoms with E-state index in [1.54, 1.807) is 6.07 Å². The van der Waals surface area contributed by atoms with Crippen molar-refractivity contribution >= 4 is 5.82 Å². The van der Waals surface area contributed by atoms with Crippen molar-refractivity contribution in [3.63, 3.8) is 0 Å². The van der Waals surface area contributed by atoms with E-state index in [1.807, 2.05) is 4.98 Å². The smallest absolute Gasteiger partial charge is 0.325 e. The van der Waals surface area contributed by atoms with Crippen LogP contribution in [0.1, 0.15) is 17.7 Å². The van der Waals surface area contributed by atoms with Crippen LogP contribution < -0.4 is 5.43 Å². The van der Waals surface area contributed by atoms with Gasteiger partial charge in [0.05, 0.1) is 24.1 Å². The lowest BCUT2D eigenvalue weighted by molar-refractivity contribution is -0.389. The first-order valence-electron chi connectivity index (χ1n) is 4.03. The molecule has 0 aliphatic rings. The number of hydrogen-bond acceptors (Lipinski definition) is 4. The molecule has 0 unspecified atom stereocenters. The normalized spacial score (nSPS) is 10.1. The Balaban J connectivity index is 3.47. The molecule has 0 aromatic carbocycles. The first-order chi connectivity index (χ1) is 7.47. The van der Waals surface area contributed by atoms with Crippen molar-refractivity contribution in [3.05, 3.63) is 37.7 Å². The summed E-state index contributed by atoms with van der Waals surface area (Å²) in [6.07, 6.45) is -3.59. The van der Waals surface area contributed by atoms with Gasteiger partial charge < -0.3 is 10.1 Å². The van der Waals surface area contributed by atoms with E-state index < -0.39 is 40.3 Å². The molecule has 16 heavy (non-hydrogen) atoms. The van der Waals surface area contributed by atoms with Crippen LogP contribution in [0.3, 0.4) is 0 Å². The van der Waals surface area contributed by atoms with Gasteiger partial charge in [-0.05, 0) is 4.92 Å². The Labute approximate surface area is 87.3 Å². The summed E-state index contributed by atoms with van der Waals surface area (Å²) in [4.78, 5) is 22.4. The van der Waals surface area contributed by atoms with Crippen LogP contribution in [0, 0.1) is 21.4 Å². The molecule has 1 N–H and O–H groups in total. The van der Waals surface area contributed by atoms with Gasteiger partial charge in [-0.15, -0.1) is 0 Å². The number of nitrogens with zero attached hydrogens (tertiary/aromatic N) is 2. The second kappa shape index (κ2) is 4.48. The molecule has 8 heteroatoms. The standard InChI is InChI=1S/C8H5F2N3O3/c9-8(10)7-4(1-2-11)5(14)3-6(12-7)13(15)16/h3,8H,1H2,(H,12,14). The highest BCUT2D eigenvalue weighted by Crippen LogP contribution is 2.21. The molecule has 1 aromatic rings. The first-order valence-corrected chi connectivity index (χ1v) is 4.03. The molecule has 0 amide bonds. The zero-order valence-corrected chi connectivity index (χ0v) is 7.74. The minimum absolute atomic E-state index is 0.442. The number of halogens is 2. The van der Waals surface area contributed by atoms with E-state index in [2.05, 4.69) is 0 Å². The number of nitro groups is 1. The maximum absolute atomic E-state index is 12.5. The van der Waals surface area contributed by atoms with E-state index in [0.717, 1.165) is 0 Å². The number of nitriles is 1. The van der Waals surface area contributed by atoms with Gasteiger partial charge in [-0.2, -0.15) is 5.26 Å². The minimum Gasteiger partial charge on any atom is -0.358 e. The van der Waals surface area contributed by atoms with Crippen molar-refractivity contribution < 1.29 is 13.7 Å². The average molecular weight is 229 g/mol. The van der Waals surface area contributed by atoms with Crippen molar-refractivity contribution in [2.24, 2.45) is 0 Å². The summed E-state index contributed by atoms with van der Waals surface area (Å²) in [5, 5.41) is 18.7. The largest absolute Gasteiger partial charge is 0.358 e. The number of aromatic amines is 1.